The van der Waals surface area contributed by atoms with Crippen LogP contribution in [0.5, 0.6) is 0 Å². The Hall–Kier alpha value is -1.36. The minimum Gasteiger partial charge on any atom is -0.331 e. The number of halogens is 1. The maximum Gasteiger partial charge on any atom is 0.249 e. The molecule has 5 heteroatoms. The van der Waals surface area contributed by atoms with Crippen LogP contribution in [0.15, 0.2) is 28.7 Å². The molecule has 0 aromatic heterocycles. The average molecular weight is 337 g/mol. The molecule has 2 fully saturated rings. The number of hydrogen-bond donors (Lipinski definition) is 0. The second-order valence-electron chi connectivity index (χ2n) is 5.32. The van der Waals surface area contributed by atoms with Gasteiger partial charge in [0.2, 0.25) is 11.8 Å². The molecule has 2 saturated heterocycles. The van der Waals surface area contributed by atoms with E-state index in [2.05, 4.69) is 15.9 Å². The van der Waals surface area contributed by atoms with Gasteiger partial charge in [0.15, 0.2) is 0 Å². The summed E-state index contributed by atoms with van der Waals surface area (Å²) in [4.78, 5) is 28.4. The second-order valence-corrected chi connectivity index (χ2v) is 6.23. The fourth-order valence-electron chi connectivity index (χ4n) is 3.01. The van der Waals surface area contributed by atoms with E-state index in [1.165, 1.54) is 0 Å². The Kier molecular flexibility index (Phi) is 3.78. The number of fused-ring (bicyclic) bond motifs is 1. The van der Waals surface area contributed by atoms with Gasteiger partial charge in [0, 0.05) is 29.7 Å². The minimum atomic E-state index is -0.262. The Morgan fingerprint density at radius 2 is 1.80 bits per heavy atom. The minimum absolute atomic E-state index is 0.0675. The van der Waals surface area contributed by atoms with Crippen molar-refractivity contribution in [2.75, 3.05) is 18.0 Å². The average Bonchev–Trinajstić information content (AvgIpc) is 2.60. The third-order valence-electron chi connectivity index (χ3n) is 4.06. The molecule has 1 aromatic rings. The predicted octanol–water partition coefficient (Wildman–Crippen LogP) is 2.57. The lowest BCUT2D eigenvalue weighted by Gasteiger charge is -2.34. The molecule has 0 N–H and O–H groups in total. The molecule has 0 aliphatic carbocycles. The van der Waals surface area contributed by atoms with Crippen LogP contribution in [0.2, 0.25) is 0 Å². The van der Waals surface area contributed by atoms with E-state index in [4.69, 9.17) is 0 Å². The van der Waals surface area contributed by atoms with E-state index in [-0.39, 0.29) is 17.9 Å². The van der Waals surface area contributed by atoms with Crippen LogP contribution in [0.1, 0.15) is 25.7 Å². The predicted molar refractivity (Wildman–Crippen MR) is 80.5 cm³/mol. The number of benzene rings is 1. The van der Waals surface area contributed by atoms with Gasteiger partial charge in [-0.25, -0.2) is 0 Å². The second kappa shape index (κ2) is 5.56. The lowest BCUT2D eigenvalue weighted by molar-refractivity contribution is -0.138. The van der Waals surface area contributed by atoms with Gasteiger partial charge in [0.25, 0.3) is 0 Å². The molecule has 1 unspecified atom stereocenters. The summed E-state index contributed by atoms with van der Waals surface area (Å²) in [5.41, 5.74) is 0.874. The van der Waals surface area contributed by atoms with Crippen LogP contribution in [-0.4, -0.2) is 35.8 Å². The van der Waals surface area contributed by atoms with Crippen molar-refractivity contribution in [3.63, 3.8) is 0 Å². The van der Waals surface area contributed by atoms with Crippen molar-refractivity contribution < 1.29 is 9.59 Å². The molecule has 2 amide bonds. The molecule has 106 valence electrons. The number of piperidine rings is 1. The topological polar surface area (TPSA) is 40.6 Å². The van der Waals surface area contributed by atoms with Crippen LogP contribution in [0.4, 0.5) is 5.69 Å². The van der Waals surface area contributed by atoms with Crippen molar-refractivity contribution in [2.45, 2.75) is 31.7 Å². The number of carbonyl (C=O) groups excluding carboxylic acids is 2. The van der Waals surface area contributed by atoms with Gasteiger partial charge in [-0.05, 0) is 43.5 Å². The van der Waals surface area contributed by atoms with Crippen molar-refractivity contribution >= 4 is 33.4 Å². The van der Waals surface area contributed by atoms with E-state index in [1.54, 1.807) is 9.80 Å². The van der Waals surface area contributed by atoms with Gasteiger partial charge in [0.05, 0.1) is 0 Å². The first-order valence-electron chi connectivity index (χ1n) is 7.03. The summed E-state index contributed by atoms with van der Waals surface area (Å²) in [6, 6.07) is 7.43. The van der Waals surface area contributed by atoms with Crippen LogP contribution in [0, 0.1) is 0 Å². The standard InChI is InChI=1S/C15H17BrN2O2/c16-11-4-6-12(7-5-11)17-10-8-14(19)18-9-2-1-3-13(18)15(17)20/h4-7,13H,1-3,8-10H2. The first-order chi connectivity index (χ1) is 9.66. The zero-order chi connectivity index (χ0) is 14.1. The SMILES string of the molecule is O=C1C2CCCCN2C(=O)CCN1c1ccc(Br)cc1. The van der Waals surface area contributed by atoms with Crippen LogP contribution in [0.3, 0.4) is 0 Å². The van der Waals surface area contributed by atoms with Crippen LogP contribution in [-0.2, 0) is 9.59 Å². The molecule has 0 radical (unpaired) electrons. The van der Waals surface area contributed by atoms with E-state index in [0.717, 1.165) is 36.0 Å². The van der Waals surface area contributed by atoms with Crippen LogP contribution >= 0.6 is 15.9 Å². The van der Waals surface area contributed by atoms with Crippen molar-refractivity contribution in [3.05, 3.63) is 28.7 Å². The maximum atomic E-state index is 12.7. The first-order valence-corrected chi connectivity index (χ1v) is 7.82. The highest BCUT2D eigenvalue weighted by Gasteiger charge is 2.37. The highest BCUT2D eigenvalue weighted by molar-refractivity contribution is 9.10. The van der Waals surface area contributed by atoms with E-state index in [0.29, 0.717) is 13.0 Å². The maximum absolute atomic E-state index is 12.7. The van der Waals surface area contributed by atoms with Gasteiger partial charge in [-0.15, -0.1) is 0 Å². The van der Waals surface area contributed by atoms with Gasteiger partial charge in [-0.2, -0.15) is 0 Å². The molecule has 4 nitrogen and oxygen atoms in total. The summed E-state index contributed by atoms with van der Waals surface area (Å²) < 4.78 is 0.985. The van der Waals surface area contributed by atoms with E-state index < -0.39 is 0 Å². The molecule has 20 heavy (non-hydrogen) atoms. The van der Waals surface area contributed by atoms with Gasteiger partial charge in [-0.1, -0.05) is 15.9 Å². The zero-order valence-electron chi connectivity index (χ0n) is 11.2. The molecular formula is C15H17BrN2O2. The lowest BCUT2D eigenvalue weighted by atomic mass is 10.0. The van der Waals surface area contributed by atoms with Gasteiger partial charge >= 0.3 is 0 Å². The molecule has 0 saturated carbocycles. The van der Waals surface area contributed by atoms with Gasteiger partial charge in [-0.3, -0.25) is 9.59 Å². The van der Waals surface area contributed by atoms with Gasteiger partial charge < -0.3 is 9.80 Å². The summed E-state index contributed by atoms with van der Waals surface area (Å²) in [5.74, 6) is 0.181. The normalized spacial score (nSPS) is 23.6. The smallest absolute Gasteiger partial charge is 0.249 e. The molecule has 1 aromatic carbocycles. The van der Waals surface area contributed by atoms with Crippen molar-refractivity contribution in [2.24, 2.45) is 0 Å². The van der Waals surface area contributed by atoms with Crippen LogP contribution < -0.4 is 4.90 Å². The molecule has 3 rings (SSSR count). The number of amides is 2. The molecule has 1 atom stereocenters. The fourth-order valence-corrected chi connectivity index (χ4v) is 3.27. The zero-order valence-corrected chi connectivity index (χ0v) is 12.8. The lowest BCUT2D eigenvalue weighted by Crippen LogP contribution is -2.49. The Labute approximate surface area is 126 Å². The van der Waals surface area contributed by atoms with Crippen molar-refractivity contribution in [1.82, 2.24) is 4.90 Å². The molecule has 2 aliphatic rings. The Morgan fingerprint density at radius 1 is 1.05 bits per heavy atom. The largest absolute Gasteiger partial charge is 0.331 e. The molecule has 0 spiro atoms. The van der Waals surface area contributed by atoms with Gasteiger partial charge in [0.1, 0.15) is 6.04 Å². The summed E-state index contributed by atoms with van der Waals surface area (Å²) in [6.07, 6.45) is 3.23. The third-order valence-corrected chi connectivity index (χ3v) is 4.59. The summed E-state index contributed by atoms with van der Waals surface area (Å²) >= 11 is 3.40. The van der Waals surface area contributed by atoms with Crippen LogP contribution in [0.25, 0.3) is 0 Å². The third kappa shape index (κ3) is 2.46. The summed E-state index contributed by atoms with van der Waals surface area (Å²) in [5, 5.41) is 0. The number of nitrogens with zero attached hydrogens (tertiary/aromatic N) is 2. The molecule has 2 aliphatic heterocycles. The summed E-state index contributed by atoms with van der Waals surface area (Å²) in [7, 11) is 0. The molecule has 0 bridgehead atoms. The van der Waals surface area contributed by atoms with E-state index in [9.17, 15) is 9.59 Å². The van der Waals surface area contributed by atoms with Crippen molar-refractivity contribution in [3.8, 4) is 0 Å². The number of hydrogen-bond acceptors (Lipinski definition) is 2. The number of anilines is 1. The molecule has 2 heterocycles. The summed E-state index contributed by atoms with van der Waals surface area (Å²) in [6.45, 7) is 1.20. The van der Waals surface area contributed by atoms with E-state index >= 15 is 0 Å². The number of carbonyl (C=O) groups is 2. The van der Waals surface area contributed by atoms with E-state index in [1.807, 2.05) is 24.3 Å². The Morgan fingerprint density at radius 3 is 2.55 bits per heavy atom. The number of rotatable bonds is 1. The Bertz CT molecular complexity index is 529. The monoisotopic (exact) mass is 336 g/mol. The molecular weight excluding hydrogens is 320 g/mol. The van der Waals surface area contributed by atoms with Crippen molar-refractivity contribution in [1.29, 1.82) is 0 Å². The quantitative estimate of drug-likeness (QED) is 0.790. The fraction of sp³-hybridized carbons (Fsp3) is 0.467. The highest BCUT2D eigenvalue weighted by atomic mass is 79.9. The Balaban J connectivity index is 1.90. The highest BCUT2D eigenvalue weighted by Crippen LogP contribution is 2.27. The first kappa shape index (κ1) is 13.6.